The molecule has 0 fully saturated rings. The van der Waals surface area contributed by atoms with E-state index in [1.165, 1.54) is 0 Å². The van der Waals surface area contributed by atoms with Crippen molar-refractivity contribution in [2.24, 2.45) is 0 Å². The van der Waals surface area contributed by atoms with Crippen LogP contribution in [0.25, 0.3) is 0 Å². The lowest BCUT2D eigenvalue weighted by atomic mass is 18.7. The second-order valence-corrected chi connectivity index (χ2v) is 1.15. The molecule has 32 valence electrons. The third-order valence-corrected chi connectivity index (χ3v) is 0. The highest BCUT2D eigenvalue weighted by atomic mass is 31.3. The first kappa shape index (κ1) is 5.15. The van der Waals surface area contributed by atoms with Gasteiger partial charge in [-0.3, -0.25) is 0 Å². The van der Waals surface area contributed by atoms with E-state index in [1.54, 1.807) is 0 Å². The summed E-state index contributed by atoms with van der Waals surface area (Å²) in [5.74, 6) is 0. The molecule has 0 aliphatic carbocycles. The summed E-state index contributed by atoms with van der Waals surface area (Å²) < 4.78 is 39.2. The first-order valence-electron chi connectivity index (χ1n) is 0.676. The van der Waals surface area contributed by atoms with Crippen LogP contribution in [0.1, 0.15) is 0 Å². The Hall–Kier alpha value is 0.150. The molecule has 0 aromatic heterocycles. The van der Waals surface area contributed by atoms with Gasteiger partial charge in [0.25, 0.3) is 0 Å². The fourth-order valence-electron chi connectivity index (χ4n) is 0. The number of rotatable bonds is 0. The molecule has 0 bridgehead atoms. The monoisotopic (exact) mass is 107 g/mol. The van der Waals surface area contributed by atoms with E-state index in [0.29, 0.717) is 0 Å². The molecule has 0 aliphatic heterocycles. The maximum absolute atomic E-state index is 9.80. The fraction of sp³-hybridized carbons (Fsp3) is 0. The van der Waals surface area contributed by atoms with Crippen molar-refractivity contribution in [2.75, 3.05) is 0 Å². The SMILES string of the molecule is F[P+](F)(F)F. The normalized spacial score (nSPS) is 12.0. The molecule has 0 aromatic rings. The molecule has 0 nitrogen and oxygen atoms in total. The molecule has 0 aliphatic rings. The molecule has 0 N–H and O–H groups in total. The highest BCUT2D eigenvalue weighted by molar-refractivity contribution is 7.54. The Morgan fingerprint density at radius 3 is 0.800 bits per heavy atom. The van der Waals surface area contributed by atoms with Gasteiger partial charge in [0.15, 0.2) is 0 Å². The van der Waals surface area contributed by atoms with Gasteiger partial charge in [0, 0.05) is 0 Å². The number of hydrogen-bond donors (Lipinski definition) is 0. The van der Waals surface area contributed by atoms with Gasteiger partial charge in [-0.2, -0.15) is 0 Å². The van der Waals surface area contributed by atoms with E-state index in [1.807, 2.05) is 0 Å². The molecule has 0 rings (SSSR count). The van der Waals surface area contributed by atoms with Crippen LogP contribution in [-0.2, 0) is 0 Å². The number of halogens is 4. The van der Waals surface area contributed by atoms with Crippen LogP contribution in [-0.4, -0.2) is 0 Å². The zero-order valence-electron chi connectivity index (χ0n) is 1.96. The van der Waals surface area contributed by atoms with Crippen molar-refractivity contribution < 1.29 is 16.8 Å². The largest absolute Gasteiger partial charge is 0.755 e. The van der Waals surface area contributed by atoms with Crippen LogP contribution in [0.4, 0.5) is 16.8 Å². The summed E-state index contributed by atoms with van der Waals surface area (Å²) >= 11 is 0. The van der Waals surface area contributed by atoms with Crippen LogP contribution in [0.15, 0.2) is 0 Å². The molecule has 0 saturated carbocycles. The summed E-state index contributed by atoms with van der Waals surface area (Å²) in [7, 11) is -6.39. The van der Waals surface area contributed by atoms with E-state index < -0.39 is 8.51 Å². The predicted molar refractivity (Wildman–Crippen MR) is 11.4 cm³/mol. The fourth-order valence-corrected chi connectivity index (χ4v) is 0. The molecular formula is F4P+. The van der Waals surface area contributed by atoms with Crippen molar-refractivity contribution in [1.29, 1.82) is 0 Å². The van der Waals surface area contributed by atoms with Gasteiger partial charge in [0.1, 0.15) is 0 Å². The summed E-state index contributed by atoms with van der Waals surface area (Å²) in [6.07, 6.45) is 0. The maximum Gasteiger partial charge on any atom is 0.755 e. The van der Waals surface area contributed by atoms with Gasteiger partial charge in [0.2, 0.25) is 0 Å². The Labute approximate surface area is 26.6 Å². The standard InChI is InChI=1S/F4P/c1-5(2,3)4/q+1. The minimum absolute atomic E-state index is 6.39. The number of hydrogen-bond acceptors (Lipinski definition) is 0. The van der Waals surface area contributed by atoms with Gasteiger partial charge in [-0.15, -0.1) is 0 Å². The topological polar surface area (TPSA) is 0 Å². The Balaban J connectivity index is 3.02. The molecule has 0 radical (unpaired) electrons. The van der Waals surface area contributed by atoms with Gasteiger partial charge in [-0.25, -0.2) is 0 Å². The van der Waals surface area contributed by atoms with E-state index >= 15 is 0 Å². The second-order valence-electron chi connectivity index (χ2n) is 0.383. The average Bonchev–Trinajstić information content (AvgIpc) is 0.722. The molecular weight excluding hydrogens is 107 g/mol. The van der Waals surface area contributed by atoms with Crippen LogP contribution in [0.5, 0.6) is 0 Å². The van der Waals surface area contributed by atoms with Crippen LogP contribution in [0.2, 0.25) is 0 Å². The summed E-state index contributed by atoms with van der Waals surface area (Å²) in [5.41, 5.74) is 0. The van der Waals surface area contributed by atoms with Crippen molar-refractivity contribution >= 4 is 8.51 Å². The zero-order valence-corrected chi connectivity index (χ0v) is 2.85. The van der Waals surface area contributed by atoms with Crippen LogP contribution in [0.3, 0.4) is 0 Å². The molecule has 0 saturated heterocycles. The Kier molecular flexibility index (Phi) is 1.12. The molecule has 0 spiro atoms. The average molecular weight is 107 g/mol. The van der Waals surface area contributed by atoms with E-state index in [0.717, 1.165) is 0 Å². The molecule has 0 amide bonds. The Morgan fingerprint density at radius 1 is 0.800 bits per heavy atom. The van der Waals surface area contributed by atoms with Crippen molar-refractivity contribution in [3.8, 4) is 0 Å². The van der Waals surface area contributed by atoms with Crippen molar-refractivity contribution in [3.05, 3.63) is 0 Å². The molecule has 0 unspecified atom stereocenters. The van der Waals surface area contributed by atoms with Crippen LogP contribution >= 0.6 is 8.51 Å². The Bertz CT molecular complexity index is 19.1. The van der Waals surface area contributed by atoms with Crippen LogP contribution < -0.4 is 0 Å². The molecule has 0 heterocycles. The molecule has 5 heteroatoms. The first-order valence-corrected chi connectivity index (χ1v) is 2.03. The Morgan fingerprint density at radius 2 is 0.800 bits per heavy atom. The maximum atomic E-state index is 9.80. The summed E-state index contributed by atoms with van der Waals surface area (Å²) in [4.78, 5) is 0. The molecule has 0 atom stereocenters. The predicted octanol–water partition coefficient (Wildman–Crippen LogP) is 2.54. The lowest BCUT2D eigenvalue weighted by molar-refractivity contribution is 0.489. The lowest BCUT2D eigenvalue weighted by Crippen LogP contribution is -1.37. The second kappa shape index (κ2) is 1.09. The van der Waals surface area contributed by atoms with E-state index in [4.69, 9.17) is 0 Å². The van der Waals surface area contributed by atoms with Gasteiger partial charge >= 0.3 is 8.51 Å². The van der Waals surface area contributed by atoms with E-state index in [9.17, 15) is 16.8 Å². The molecule has 5 heavy (non-hydrogen) atoms. The third-order valence-electron chi connectivity index (χ3n) is 0. The van der Waals surface area contributed by atoms with E-state index in [2.05, 4.69) is 0 Å². The van der Waals surface area contributed by atoms with E-state index in [-0.39, 0.29) is 0 Å². The highest BCUT2D eigenvalue weighted by Gasteiger charge is 2.44. The minimum atomic E-state index is -6.39. The first-order chi connectivity index (χ1) is 2.00. The summed E-state index contributed by atoms with van der Waals surface area (Å²) in [5, 5.41) is 0. The quantitative estimate of drug-likeness (QED) is 0.329. The van der Waals surface area contributed by atoms with Gasteiger partial charge < -0.3 is 0 Å². The van der Waals surface area contributed by atoms with Gasteiger partial charge in [-0.05, 0) is 0 Å². The molecule has 0 aromatic carbocycles. The smallest absolute Gasteiger partial charge is 0.0611 e. The van der Waals surface area contributed by atoms with Crippen molar-refractivity contribution in [2.45, 2.75) is 0 Å². The van der Waals surface area contributed by atoms with Crippen molar-refractivity contribution in [3.63, 3.8) is 0 Å². The third kappa shape index (κ3) is 853. The van der Waals surface area contributed by atoms with Gasteiger partial charge in [0.05, 0.1) is 16.8 Å². The zero-order chi connectivity index (χ0) is 4.50. The van der Waals surface area contributed by atoms with Crippen molar-refractivity contribution in [1.82, 2.24) is 0 Å². The lowest BCUT2D eigenvalue weighted by Gasteiger charge is -1.62. The summed E-state index contributed by atoms with van der Waals surface area (Å²) in [6, 6.07) is 0. The summed E-state index contributed by atoms with van der Waals surface area (Å²) in [6.45, 7) is 0. The highest BCUT2D eigenvalue weighted by Crippen LogP contribution is 2.65. The van der Waals surface area contributed by atoms with Crippen LogP contribution in [0, 0.1) is 0 Å². The minimum Gasteiger partial charge on any atom is 0.0611 e. The van der Waals surface area contributed by atoms with Gasteiger partial charge in [-0.1, -0.05) is 0 Å².